The SMILES string of the molecule is CCc1ccnc(-n2c3[c-]c(Oc4[c-]c(-n5nc(C)c(-c6ccccc6)c5C)cc(C(C)(C)C)c4)ccc3c3ccccc32)c1.[Pt+2]. The summed E-state index contributed by atoms with van der Waals surface area (Å²) in [5.74, 6) is 2.11. The van der Waals surface area contributed by atoms with Crippen LogP contribution in [-0.2, 0) is 32.9 Å². The van der Waals surface area contributed by atoms with Gasteiger partial charge in [0.05, 0.1) is 5.69 Å². The van der Waals surface area contributed by atoms with Crippen LogP contribution < -0.4 is 4.74 Å². The molecule has 0 atom stereocenters. The van der Waals surface area contributed by atoms with Crippen LogP contribution in [0.4, 0.5) is 0 Å². The molecule has 6 heteroatoms. The second-order valence-corrected chi connectivity index (χ2v) is 12.6. The van der Waals surface area contributed by atoms with Crippen LogP contribution in [0.3, 0.4) is 0 Å². The molecule has 0 fully saturated rings. The molecule has 0 aliphatic carbocycles. The molecule has 0 saturated carbocycles. The van der Waals surface area contributed by atoms with Gasteiger partial charge in [0.15, 0.2) is 0 Å². The summed E-state index contributed by atoms with van der Waals surface area (Å²) < 4.78 is 10.8. The molecule has 0 saturated heterocycles. The molecular formula is C40H36N4OPt. The van der Waals surface area contributed by atoms with E-state index in [0.717, 1.165) is 67.8 Å². The predicted octanol–water partition coefficient (Wildman–Crippen LogP) is 9.90. The van der Waals surface area contributed by atoms with E-state index in [2.05, 4.69) is 137 Å². The summed E-state index contributed by atoms with van der Waals surface area (Å²) in [7, 11) is 0. The van der Waals surface area contributed by atoms with Crippen LogP contribution in [-0.4, -0.2) is 19.3 Å². The Morgan fingerprint density at radius 3 is 2.33 bits per heavy atom. The Hall–Kier alpha value is -4.47. The number of hydrogen-bond acceptors (Lipinski definition) is 3. The van der Waals surface area contributed by atoms with Crippen LogP contribution in [0, 0.1) is 26.0 Å². The topological polar surface area (TPSA) is 44.9 Å². The molecule has 0 spiro atoms. The van der Waals surface area contributed by atoms with Crippen LogP contribution in [0.15, 0.2) is 97.2 Å². The Morgan fingerprint density at radius 1 is 0.804 bits per heavy atom. The van der Waals surface area contributed by atoms with E-state index in [0.29, 0.717) is 11.5 Å². The van der Waals surface area contributed by atoms with E-state index in [1.54, 1.807) is 0 Å². The molecule has 5 nitrogen and oxygen atoms in total. The van der Waals surface area contributed by atoms with Gasteiger partial charge in [-0.1, -0.05) is 81.7 Å². The number of aromatic nitrogens is 4. The Labute approximate surface area is 285 Å². The average Bonchev–Trinajstić information content (AvgIpc) is 3.53. The van der Waals surface area contributed by atoms with Gasteiger partial charge in [0.25, 0.3) is 0 Å². The molecule has 0 unspecified atom stereocenters. The molecule has 0 radical (unpaired) electrons. The molecule has 3 aromatic heterocycles. The van der Waals surface area contributed by atoms with Crippen molar-refractivity contribution in [3.63, 3.8) is 0 Å². The van der Waals surface area contributed by atoms with Crippen LogP contribution in [0.2, 0.25) is 0 Å². The molecule has 0 N–H and O–H groups in total. The van der Waals surface area contributed by atoms with E-state index in [1.807, 2.05) is 23.0 Å². The third-order valence-electron chi connectivity index (χ3n) is 8.50. The number of benzene rings is 4. The van der Waals surface area contributed by atoms with E-state index in [-0.39, 0.29) is 26.5 Å². The van der Waals surface area contributed by atoms with Crippen molar-refractivity contribution in [3.8, 4) is 34.1 Å². The number of hydrogen-bond donors (Lipinski definition) is 0. The minimum atomic E-state index is -0.115. The van der Waals surface area contributed by atoms with Gasteiger partial charge in [-0.2, -0.15) is 11.2 Å². The molecule has 232 valence electrons. The summed E-state index contributed by atoms with van der Waals surface area (Å²) in [5.41, 5.74) is 9.44. The van der Waals surface area contributed by atoms with Crippen molar-refractivity contribution in [1.29, 1.82) is 0 Å². The fourth-order valence-electron chi connectivity index (χ4n) is 6.12. The van der Waals surface area contributed by atoms with Gasteiger partial charge in [-0.05, 0) is 66.1 Å². The molecule has 0 aliphatic rings. The largest absolute Gasteiger partial charge is 2.00 e. The first-order valence-corrected chi connectivity index (χ1v) is 15.5. The van der Waals surface area contributed by atoms with E-state index in [9.17, 15) is 0 Å². The second-order valence-electron chi connectivity index (χ2n) is 12.6. The Kier molecular flexibility index (Phi) is 8.48. The van der Waals surface area contributed by atoms with Gasteiger partial charge >= 0.3 is 21.1 Å². The van der Waals surface area contributed by atoms with Crippen molar-refractivity contribution in [1.82, 2.24) is 19.3 Å². The Morgan fingerprint density at radius 2 is 1.57 bits per heavy atom. The maximum Gasteiger partial charge on any atom is 2.00 e. The minimum Gasteiger partial charge on any atom is -0.509 e. The van der Waals surface area contributed by atoms with E-state index in [4.69, 9.17) is 14.8 Å². The zero-order chi connectivity index (χ0) is 31.3. The molecule has 46 heavy (non-hydrogen) atoms. The van der Waals surface area contributed by atoms with Gasteiger partial charge in [-0.3, -0.25) is 4.68 Å². The number of rotatable bonds is 6. The standard InChI is InChI=1S/C40H36N4O.Pt/c1-7-28-19-20-41-38(21-28)43-36-16-12-11-15-34(36)35-18-17-32(25-37(35)43)45-33-23-30(40(4,5)6)22-31(24-33)44-27(3)39(26(2)42-44)29-13-9-8-10-14-29;/h8-23H,7H2,1-6H3;/q-2;+2. The van der Waals surface area contributed by atoms with Crippen LogP contribution in [0.1, 0.15) is 50.2 Å². The van der Waals surface area contributed by atoms with Crippen molar-refractivity contribution >= 4 is 21.8 Å². The van der Waals surface area contributed by atoms with Crippen LogP contribution in [0.5, 0.6) is 11.5 Å². The maximum atomic E-state index is 6.59. The number of aryl methyl sites for hydroxylation is 2. The third-order valence-corrected chi connectivity index (χ3v) is 8.50. The quantitative estimate of drug-likeness (QED) is 0.158. The van der Waals surface area contributed by atoms with Crippen LogP contribution >= 0.6 is 0 Å². The maximum absolute atomic E-state index is 6.59. The summed E-state index contributed by atoms with van der Waals surface area (Å²) >= 11 is 0. The molecule has 7 aromatic rings. The number of para-hydroxylation sites is 1. The summed E-state index contributed by atoms with van der Waals surface area (Å²) in [4.78, 5) is 4.75. The number of ether oxygens (including phenoxy) is 1. The smallest absolute Gasteiger partial charge is 0.509 e. The van der Waals surface area contributed by atoms with Crippen molar-refractivity contribution < 1.29 is 25.8 Å². The summed E-state index contributed by atoms with van der Waals surface area (Å²) in [6.45, 7) is 13.0. The molecule has 7 rings (SSSR count). The van der Waals surface area contributed by atoms with Gasteiger partial charge in [0.2, 0.25) is 0 Å². The average molecular weight is 784 g/mol. The molecule has 4 aromatic carbocycles. The van der Waals surface area contributed by atoms with Crippen molar-refractivity contribution in [3.05, 3.63) is 132 Å². The molecular weight excluding hydrogens is 748 g/mol. The first kappa shape index (κ1) is 31.5. The number of nitrogens with zero attached hydrogens (tertiary/aromatic N) is 4. The summed E-state index contributed by atoms with van der Waals surface area (Å²) in [6.07, 6.45) is 2.82. The first-order chi connectivity index (χ1) is 21.7. The summed E-state index contributed by atoms with van der Waals surface area (Å²) in [6, 6.07) is 38.5. The normalized spacial score (nSPS) is 11.6. The Bertz CT molecular complexity index is 2190. The van der Waals surface area contributed by atoms with Gasteiger partial charge in [-0.25, -0.2) is 4.98 Å². The number of fused-ring (bicyclic) bond motifs is 3. The predicted molar refractivity (Wildman–Crippen MR) is 183 cm³/mol. The van der Waals surface area contributed by atoms with Crippen molar-refractivity contribution in [2.45, 2.75) is 53.4 Å². The summed E-state index contributed by atoms with van der Waals surface area (Å²) in [5, 5.41) is 7.22. The molecule has 0 aliphatic heterocycles. The second kappa shape index (κ2) is 12.4. The third kappa shape index (κ3) is 5.69. The fourth-order valence-corrected chi connectivity index (χ4v) is 6.12. The van der Waals surface area contributed by atoms with Gasteiger partial charge in [0.1, 0.15) is 5.82 Å². The van der Waals surface area contributed by atoms with E-state index in [1.165, 1.54) is 5.56 Å². The van der Waals surface area contributed by atoms with Crippen LogP contribution in [0.25, 0.3) is 44.4 Å². The molecule has 0 amide bonds. The molecule has 3 heterocycles. The van der Waals surface area contributed by atoms with Gasteiger partial charge < -0.3 is 9.30 Å². The molecule has 0 bridgehead atoms. The van der Waals surface area contributed by atoms with E-state index < -0.39 is 0 Å². The zero-order valence-corrected chi connectivity index (χ0v) is 29.2. The number of pyridine rings is 1. The fraction of sp³-hybridized carbons (Fsp3) is 0.200. The van der Waals surface area contributed by atoms with E-state index >= 15 is 0 Å². The monoisotopic (exact) mass is 783 g/mol. The first-order valence-electron chi connectivity index (χ1n) is 15.5. The zero-order valence-electron chi connectivity index (χ0n) is 27.0. The Balaban J connectivity index is 0.00000372. The minimum absolute atomic E-state index is 0. The van der Waals surface area contributed by atoms with Gasteiger partial charge in [-0.15, -0.1) is 41.3 Å². The van der Waals surface area contributed by atoms with Crippen molar-refractivity contribution in [2.24, 2.45) is 0 Å². The van der Waals surface area contributed by atoms with Crippen molar-refractivity contribution in [2.75, 3.05) is 0 Å². The van der Waals surface area contributed by atoms with Gasteiger partial charge in [0, 0.05) is 34.5 Å².